The number of hydrogen-bond acceptors (Lipinski definition) is 4. The van der Waals surface area contributed by atoms with E-state index in [0.29, 0.717) is 5.82 Å². The Balaban J connectivity index is 0.000000339. The zero-order valence-corrected chi connectivity index (χ0v) is 15.7. The molecule has 144 valence electrons. The molecule has 3 aliphatic rings. The van der Waals surface area contributed by atoms with Gasteiger partial charge in [-0.3, -0.25) is 10.2 Å². The molecule has 1 amide bonds. The maximum Gasteiger partial charge on any atom is 0.410 e. The summed E-state index contributed by atoms with van der Waals surface area (Å²) in [7, 11) is 0. The van der Waals surface area contributed by atoms with Crippen molar-refractivity contribution in [3.8, 4) is 0 Å². The molecular weight excluding hydrogens is 328 g/mol. The second kappa shape index (κ2) is 9.76. The third-order valence-electron chi connectivity index (χ3n) is 5.75. The highest BCUT2D eigenvalue weighted by Crippen LogP contribution is 2.26. The van der Waals surface area contributed by atoms with E-state index in [1.807, 2.05) is 6.07 Å². The van der Waals surface area contributed by atoms with Gasteiger partial charge in [0, 0.05) is 50.2 Å². The number of anilines is 2. The summed E-state index contributed by atoms with van der Waals surface area (Å²) in [6.07, 6.45) is 13.5. The third kappa shape index (κ3) is 5.59. The van der Waals surface area contributed by atoms with E-state index < -0.39 is 6.09 Å². The summed E-state index contributed by atoms with van der Waals surface area (Å²) in [6, 6.07) is 4.53. The fraction of sp³-hybridized carbons (Fsp3) is 0.700. The van der Waals surface area contributed by atoms with E-state index in [1.54, 1.807) is 12.3 Å². The van der Waals surface area contributed by atoms with Crippen molar-refractivity contribution < 1.29 is 9.90 Å². The predicted octanol–water partition coefficient (Wildman–Crippen LogP) is 4.19. The van der Waals surface area contributed by atoms with Crippen LogP contribution >= 0.6 is 0 Å². The van der Waals surface area contributed by atoms with Crippen LogP contribution in [0, 0.1) is 0 Å². The fourth-order valence-electron chi connectivity index (χ4n) is 4.29. The largest absolute Gasteiger partial charge is 0.465 e. The van der Waals surface area contributed by atoms with Crippen LogP contribution in [0.1, 0.15) is 57.8 Å². The first kappa shape index (κ1) is 19.0. The van der Waals surface area contributed by atoms with Crippen LogP contribution in [0.25, 0.3) is 0 Å². The Morgan fingerprint density at radius 1 is 1.00 bits per heavy atom. The second-order valence-electron chi connectivity index (χ2n) is 7.56. The maximum atomic E-state index is 10.7. The zero-order valence-electron chi connectivity index (χ0n) is 15.7. The molecule has 1 aromatic rings. The van der Waals surface area contributed by atoms with Gasteiger partial charge < -0.3 is 10.0 Å². The van der Waals surface area contributed by atoms with E-state index in [1.165, 1.54) is 57.8 Å². The number of nitrogens with zero attached hydrogens (tertiary/aromatic N) is 3. The summed E-state index contributed by atoms with van der Waals surface area (Å²) in [6.45, 7) is 4.17. The van der Waals surface area contributed by atoms with Crippen molar-refractivity contribution in [2.24, 2.45) is 0 Å². The Morgan fingerprint density at radius 3 is 2.19 bits per heavy atom. The zero-order chi connectivity index (χ0) is 18.2. The van der Waals surface area contributed by atoms with Gasteiger partial charge in [0.2, 0.25) is 0 Å². The lowest BCUT2D eigenvalue weighted by Gasteiger charge is -2.39. The highest BCUT2D eigenvalue weighted by Gasteiger charge is 2.26. The average molecular weight is 361 g/mol. The predicted molar refractivity (Wildman–Crippen MR) is 105 cm³/mol. The van der Waals surface area contributed by atoms with Gasteiger partial charge in [0.1, 0.15) is 5.82 Å². The monoisotopic (exact) mass is 360 g/mol. The first-order chi connectivity index (χ1) is 12.7. The van der Waals surface area contributed by atoms with E-state index in [-0.39, 0.29) is 0 Å². The quantitative estimate of drug-likeness (QED) is 0.846. The molecule has 0 atom stereocenters. The number of carboxylic acid groups (broad SMARTS) is 1. The molecular formula is C20H32N4O2. The Hall–Kier alpha value is -1.82. The average Bonchev–Trinajstić information content (AvgIpc) is 3.38. The van der Waals surface area contributed by atoms with Crippen molar-refractivity contribution >= 4 is 17.6 Å². The molecule has 2 aliphatic carbocycles. The molecule has 0 spiro atoms. The fourth-order valence-corrected chi connectivity index (χ4v) is 4.29. The third-order valence-corrected chi connectivity index (χ3v) is 5.75. The van der Waals surface area contributed by atoms with Gasteiger partial charge in [0.05, 0.1) is 0 Å². The van der Waals surface area contributed by atoms with Crippen LogP contribution in [0.15, 0.2) is 18.3 Å². The topological polar surface area (TPSA) is 68.7 Å². The van der Waals surface area contributed by atoms with Gasteiger partial charge in [-0.1, -0.05) is 44.9 Å². The second-order valence-corrected chi connectivity index (χ2v) is 7.56. The molecule has 0 bridgehead atoms. The van der Waals surface area contributed by atoms with E-state index in [2.05, 4.69) is 20.1 Å². The van der Waals surface area contributed by atoms with E-state index in [0.717, 1.165) is 37.9 Å². The summed E-state index contributed by atoms with van der Waals surface area (Å²) in [5.74, 6) is 0.387. The molecule has 0 radical (unpaired) electrons. The van der Waals surface area contributed by atoms with Crippen LogP contribution < -0.4 is 10.2 Å². The summed E-state index contributed by atoms with van der Waals surface area (Å²) in [4.78, 5) is 19.6. The number of pyridine rings is 1. The SMILES string of the molecule is C1CCCC1.O=C(O)Nc1cc(N2CCN(C3CCCC3)CC2)ccn1. The molecule has 1 aromatic heterocycles. The Morgan fingerprint density at radius 2 is 1.62 bits per heavy atom. The normalized spacial score (nSPS) is 21.3. The van der Waals surface area contributed by atoms with Crippen molar-refractivity contribution in [2.45, 2.75) is 63.8 Å². The molecule has 1 aliphatic heterocycles. The highest BCUT2D eigenvalue weighted by molar-refractivity contribution is 5.82. The van der Waals surface area contributed by atoms with E-state index >= 15 is 0 Å². The number of aromatic nitrogens is 1. The maximum absolute atomic E-state index is 10.7. The molecule has 4 rings (SSSR count). The van der Waals surface area contributed by atoms with Crippen LogP contribution in [-0.2, 0) is 0 Å². The van der Waals surface area contributed by atoms with Crippen LogP contribution in [0.5, 0.6) is 0 Å². The van der Waals surface area contributed by atoms with Gasteiger partial charge in [-0.15, -0.1) is 0 Å². The van der Waals surface area contributed by atoms with Crippen LogP contribution in [0.3, 0.4) is 0 Å². The summed E-state index contributed by atoms with van der Waals surface area (Å²) in [5.41, 5.74) is 1.04. The number of piperazine rings is 1. The summed E-state index contributed by atoms with van der Waals surface area (Å²) < 4.78 is 0. The van der Waals surface area contributed by atoms with Crippen LogP contribution in [0.2, 0.25) is 0 Å². The van der Waals surface area contributed by atoms with Gasteiger partial charge in [0.25, 0.3) is 0 Å². The first-order valence-corrected chi connectivity index (χ1v) is 10.2. The van der Waals surface area contributed by atoms with E-state index in [4.69, 9.17) is 5.11 Å². The molecule has 1 saturated heterocycles. The van der Waals surface area contributed by atoms with Crippen molar-refractivity contribution in [3.05, 3.63) is 18.3 Å². The minimum absolute atomic E-state index is 0.387. The van der Waals surface area contributed by atoms with Gasteiger partial charge >= 0.3 is 6.09 Å². The van der Waals surface area contributed by atoms with Crippen molar-refractivity contribution in [1.29, 1.82) is 0 Å². The van der Waals surface area contributed by atoms with E-state index in [9.17, 15) is 4.79 Å². The van der Waals surface area contributed by atoms with Gasteiger partial charge in [-0.25, -0.2) is 9.78 Å². The molecule has 2 heterocycles. The van der Waals surface area contributed by atoms with Gasteiger partial charge in [0.15, 0.2) is 0 Å². The molecule has 6 heteroatoms. The van der Waals surface area contributed by atoms with Gasteiger partial charge in [-0.2, -0.15) is 0 Å². The number of rotatable bonds is 3. The Labute approximate surface area is 156 Å². The molecule has 2 saturated carbocycles. The van der Waals surface area contributed by atoms with Crippen molar-refractivity contribution in [2.75, 3.05) is 36.4 Å². The lowest BCUT2D eigenvalue weighted by atomic mass is 10.1. The number of hydrogen-bond donors (Lipinski definition) is 2. The molecule has 3 fully saturated rings. The number of carbonyl (C=O) groups is 1. The smallest absolute Gasteiger partial charge is 0.410 e. The molecule has 26 heavy (non-hydrogen) atoms. The first-order valence-electron chi connectivity index (χ1n) is 10.2. The number of nitrogens with one attached hydrogen (secondary N) is 1. The lowest BCUT2D eigenvalue weighted by molar-refractivity contribution is 0.187. The number of amides is 1. The summed E-state index contributed by atoms with van der Waals surface area (Å²) in [5, 5.41) is 11.1. The molecule has 6 nitrogen and oxygen atoms in total. The lowest BCUT2D eigenvalue weighted by Crippen LogP contribution is -2.49. The molecule has 0 unspecified atom stereocenters. The van der Waals surface area contributed by atoms with Crippen molar-refractivity contribution in [3.63, 3.8) is 0 Å². The highest BCUT2D eigenvalue weighted by atomic mass is 16.4. The standard InChI is InChI=1S/C15H22N4O2.C5H10/c20-15(21)17-14-11-13(5-6-16-14)19-9-7-18(8-10-19)12-3-1-2-4-12;1-2-4-5-3-1/h5-6,11-12H,1-4,7-10H2,(H,16,17)(H,20,21);1-5H2. The Bertz CT molecular complexity index is 555. The minimum atomic E-state index is -1.08. The van der Waals surface area contributed by atoms with Crippen molar-refractivity contribution in [1.82, 2.24) is 9.88 Å². The molecule has 2 N–H and O–H groups in total. The van der Waals surface area contributed by atoms with Gasteiger partial charge in [-0.05, 0) is 18.9 Å². The van der Waals surface area contributed by atoms with Crippen LogP contribution in [-0.4, -0.2) is 53.3 Å². The summed E-state index contributed by atoms with van der Waals surface area (Å²) >= 11 is 0. The Kier molecular flexibility index (Phi) is 7.12. The van der Waals surface area contributed by atoms with Crippen LogP contribution in [0.4, 0.5) is 16.3 Å². The minimum Gasteiger partial charge on any atom is -0.465 e. The molecule has 0 aromatic carbocycles.